The van der Waals surface area contributed by atoms with E-state index in [0.717, 1.165) is 0 Å². The van der Waals surface area contributed by atoms with E-state index in [4.69, 9.17) is 9.79 Å². The Morgan fingerprint density at radius 1 is 1.71 bits per heavy atom. The van der Waals surface area contributed by atoms with Crippen molar-refractivity contribution in [2.24, 2.45) is 0 Å². The average Bonchev–Trinajstić information content (AvgIpc) is 1.30. The van der Waals surface area contributed by atoms with Crippen molar-refractivity contribution in [2.75, 3.05) is 6.26 Å². The van der Waals surface area contributed by atoms with Crippen molar-refractivity contribution < 1.29 is 14.4 Å². The van der Waals surface area contributed by atoms with Crippen molar-refractivity contribution in [2.45, 2.75) is 0 Å². The van der Waals surface area contributed by atoms with Gasteiger partial charge in [0.1, 0.15) is 0 Å². The van der Waals surface area contributed by atoms with E-state index in [2.05, 4.69) is 0 Å². The predicted molar refractivity (Wildman–Crippen MR) is 31.3 cm³/mol. The zero-order valence-corrected chi connectivity index (χ0v) is 6.99. The van der Waals surface area contributed by atoms with Crippen LogP contribution in [0, 0.1) is 0 Å². The third-order valence-corrected chi connectivity index (χ3v) is 8.03. The fraction of sp³-hybridized carbons (Fsp3) is 1.00. The SMILES string of the molecule is CS[Se]P(=O)(O)O. The summed E-state index contributed by atoms with van der Waals surface area (Å²) >= 11 is -0.562. The first-order valence-corrected chi connectivity index (χ1v) is 8.42. The fourth-order valence-electron chi connectivity index (χ4n) is 0.0971. The van der Waals surface area contributed by atoms with E-state index in [9.17, 15) is 4.57 Å². The first-order chi connectivity index (χ1) is 3.06. The second-order valence-electron chi connectivity index (χ2n) is 0.732. The van der Waals surface area contributed by atoms with Crippen molar-refractivity contribution >= 4 is 29.9 Å². The summed E-state index contributed by atoms with van der Waals surface area (Å²) in [6.07, 6.45) is -1.96. The molecule has 0 spiro atoms. The molecule has 0 aromatic rings. The molecule has 2 N–H and O–H groups in total. The summed E-state index contributed by atoms with van der Waals surface area (Å²) in [6, 6.07) is 0. The van der Waals surface area contributed by atoms with Gasteiger partial charge in [0, 0.05) is 0 Å². The molecule has 0 atom stereocenters. The topological polar surface area (TPSA) is 57.5 Å². The monoisotopic (exact) mass is 208 g/mol. The van der Waals surface area contributed by atoms with Gasteiger partial charge in [-0.05, 0) is 0 Å². The molecule has 0 aliphatic heterocycles. The summed E-state index contributed by atoms with van der Waals surface area (Å²) in [7, 11) is 1.21. The normalized spacial score (nSPS) is 11.9. The molecule has 0 amide bonds. The quantitative estimate of drug-likeness (QED) is 0.496. The zero-order valence-electron chi connectivity index (χ0n) is 3.57. The van der Waals surface area contributed by atoms with E-state index in [0.29, 0.717) is 0 Å². The van der Waals surface area contributed by atoms with Crippen LogP contribution in [0.1, 0.15) is 0 Å². The molecule has 0 aromatic heterocycles. The van der Waals surface area contributed by atoms with Crippen molar-refractivity contribution in [1.29, 1.82) is 0 Å². The van der Waals surface area contributed by atoms with Crippen LogP contribution in [0.25, 0.3) is 0 Å². The Kier molecular flexibility index (Phi) is 3.58. The van der Waals surface area contributed by atoms with Crippen molar-refractivity contribution in [1.82, 2.24) is 0 Å². The molecule has 6 heteroatoms. The van der Waals surface area contributed by atoms with Crippen LogP contribution < -0.4 is 0 Å². The Morgan fingerprint density at radius 2 is 2.14 bits per heavy atom. The third-order valence-electron chi connectivity index (χ3n) is 0.172. The molecule has 0 radical (unpaired) electrons. The van der Waals surface area contributed by atoms with Crippen LogP contribution in [0.15, 0.2) is 0 Å². The molecule has 0 saturated carbocycles. The van der Waals surface area contributed by atoms with Crippen LogP contribution in [-0.4, -0.2) is 29.4 Å². The molecule has 0 heterocycles. The van der Waals surface area contributed by atoms with E-state index in [1.807, 2.05) is 0 Å². The maximum atomic E-state index is 9.93. The molecule has 0 aromatic carbocycles. The standard InChI is InChI=1S/CH5O3PSSe/c1-6-7-5(2,3)4/h1H3,(H2,2,3,4). The zero-order chi connectivity index (χ0) is 5.91. The Labute approximate surface area is 50.9 Å². The first kappa shape index (κ1) is 8.02. The van der Waals surface area contributed by atoms with Gasteiger partial charge in [0.25, 0.3) is 0 Å². The van der Waals surface area contributed by atoms with Gasteiger partial charge in [0.15, 0.2) is 0 Å². The maximum absolute atomic E-state index is 9.93. The van der Waals surface area contributed by atoms with E-state index in [-0.39, 0.29) is 0 Å². The van der Waals surface area contributed by atoms with Crippen molar-refractivity contribution in [3.05, 3.63) is 0 Å². The second kappa shape index (κ2) is 3.13. The van der Waals surface area contributed by atoms with Gasteiger partial charge in [0.05, 0.1) is 0 Å². The molecule has 0 aliphatic carbocycles. The molecule has 3 nitrogen and oxygen atoms in total. The van der Waals surface area contributed by atoms with E-state index in [1.165, 1.54) is 10.2 Å². The summed E-state index contributed by atoms with van der Waals surface area (Å²) in [5.41, 5.74) is 0. The summed E-state index contributed by atoms with van der Waals surface area (Å²) in [4.78, 5) is 16.3. The van der Waals surface area contributed by atoms with Crippen LogP contribution >= 0.6 is 16.5 Å². The molecule has 7 heavy (non-hydrogen) atoms. The molecule has 0 unspecified atom stereocenters. The van der Waals surface area contributed by atoms with Gasteiger partial charge < -0.3 is 0 Å². The van der Waals surface area contributed by atoms with Gasteiger partial charge in [0.2, 0.25) is 0 Å². The van der Waals surface area contributed by atoms with Gasteiger partial charge in [-0.15, -0.1) is 0 Å². The van der Waals surface area contributed by atoms with Gasteiger partial charge in [-0.2, -0.15) is 0 Å². The van der Waals surface area contributed by atoms with Gasteiger partial charge in [-0.25, -0.2) is 0 Å². The second-order valence-corrected chi connectivity index (χ2v) is 10.5. The Bertz CT molecular complexity index is 88.9. The van der Waals surface area contributed by atoms with E-state index < -0.39 is 19.7 Å². The van der Waals surface area contributed by atoms with Gasteiger partial charge >= 0.3 is 50.5 Å². The third kappa shape index (κ3) is 7.02. The first-order valence-electron chi connectivity index (χ1n) is 1.34. The van der Waals surface area contributed by atoms with Crippen LogP contribution in [0.4, 0.5) is 0 Å². The summed E-state index contributed by atoms with van der Waals surface area (Å²) in [5.74, 6) is 0. The van der Waals surface area contributed by atoms with E-state index >= 15 is 0 Å². The molecule has 0 saturated heterocycles. The molecular weight excluding hydrogens is 202 g/mol. The van der Waals surface area contributed by atoms with Crippen LogP contribution in [0.3, 0.4) is 0 Å². The van der Waals surface area contributed by atoms with E-state index in [1.54, 1.807) is 6.26 Å². The molecule has 0 bridgehead atoms. The molecule has 44 valence electrons. The molecular formula is CH5O3PSSe. The number of hydrogen-bond acceptors (Lipinski definition) is 2. The Morgan fingerprint density at radius 3 is 2.14 bits per heavy atom. The van der Waals surface area contributed by atoms with Crippen LogP contribution in [0.5, 0.6) is 0 Å². The summed E-state index contributed by atoms with van der Waals surface area (Å²) < 4.78 is 9.93. The van der Waals surface area contributed by atoms with Crippen LogP contribution in [-0.2, 0) is 4.57 Å². The predicted octanol–water partition coefficient (Wildman–Crippen LogP) is 0.0613. The molecule has 0 aliphatic rings. The van der Waals surface area contributed by atoms with Gasteiger partial charge in [-0.1, -0.05) is 0 Å². The Balaban J connectivity index is 3.36. The molecule has 0 fully saturated rings. The van der Waals surface area contributed by atoms with Gasteiger partial charge in [-0.3, -0.25) is 0 Å². The number of hydrogen-bond donors (Lipinski definition) is 2. The minimum absolute atomic E-state index is 0.562. The number of rotatable bonds is 2. The Hall–Kier alpha value is 1.02. The molecule has 0 rings (SSSR count). The van der Waals surface area contributed by atoms with Crippen LogP contribution in [0.2, 0.25) is 0 Å². The van der Waals surface area contributed by atoms with Crippen molar-refractivity contribution in [3.63, 3.8) is 0 Å². The summed E-state index contributed by atoms with van der Waals surface area (Å²) in [5, 5.41) is 0. The summed E-state index contributed by atoms with van der Waals surface area (Å²) in [6.45, 7) is 0. The fourth-order valence-corrected chi connectivity index (χ4v) is 4.54. The minimum atomic E-state index is -3.64. The van der Waals surface area contributed by atoms with Crippen molar-refractivity contribution in [3.8, 4) is 0 Å². The average molecular weight is 207 g/mol.